The molecule has 0 spiro atoms. The van der Waals surface area contributed by atoms with Crippen molar-refractivity contribution in [2.75, 3.05) is 13.6 Å². The monoisotopic (exact) mass is 269 g/mol. The minimum atomic E-state index is 0.259. The van der Waals surface area contributed by atoms with Crippen molar-refractivity contribution in [1.82, 2.24) is 15.2 Å². The number of hydrogen-bond acceptors (Lipinski definition) is 2. The Labute approximate surface area is 118 Å². The number of H-pyrrole nitrogens is 1. The van der Waals surface area contributed by atoms with E-state index in [4.69, 9.17) is 0 Å². The van der Waals surface area contributed by atoms with E-state index in [0.29, 0.717) is 12.0 Å². The first-order valence-electron chi connectivity index (χ1n) is 7.26. The Morgan fingerprint density at radius 3 is 3.20 bits per heavy atom. The van der Waals surface area contributed by atoms with Gasteiger partial charge in [0.15, 0.2) is 0 Å². The van der Waals surface area contributed by atoms with Crippen molar-refractivity contribution in [3.05, 3.63) is 35.5 Å². The van der Waals surface area contributed by atoms with E-state index < -0.39 is 0 Å². The van der Waals surface area contributed by atoms with E-state index >= 15 is 0 Å². The summed E-state index contributed by atoms with van der Waals surface area (Å²) in [6.07, 6.45) is 5.14. The Bertz CT molecular complexity index is 663. The van der Waals surface area contributed by atoms with Gasteiger partial charge >= 0.3 is 0 Å². The Morgan fingerprint density at radius 1 is 1.45 bits per heavy atom. The highest BCUT2D eigenvalue weighted by atomic mass is 16.1. The van der Waals surface area contributed by atoms with Crippen LogP contribution in [0.25, 0.3) is 10.9 Å². The zero-order chi connectivity index (χ0) is 13.7. The van der Waals surface area contributed by atoms with Crippen molar-refractivity contribution in [3.63, 3.8) is 0 Å². The molecule has 3 atom stereocenters. The first-order valence-corrected chi connectivity index (χ1v) is 7.26. The van der Waals surface area contributed by atoms with E-state index in [0.717, 1.165) is 25.8 Å². The molecule has 4 nitrogen and oxygen atoms in total. The van der Waals surface area contributed by atoms with Gasteiger partial charge in [0.1, 0.15) is 0 Å². The molecule has 104 valence electrons. The zero-order valence-electron chi connectivity index (χ0n) is 11.6. The number of likely N-dealkylation sites (N-methyl/N-ethyl adjacent to an activating group) is 1. The van der Waals surface area contributed by atoms with Gasteiger partial charge in [0.25, 0.3) is 0 Å². The number of nitrogens with zero attached hydrogens (tertiary/aromatic N) is 1. The summed E-state index contributed by atoms with van der Waals surface area (Å²) in [5.74, 6) is 0.512. The molecule has 2 aliphatic rings. The van der Waals surface area contributed by atoms with Gasteiger partial charge in [-0.15, -0.1) is 0 Å². The van der Waals surface area contributed by atoms with Gasteiger partial charge in [-0.3, -0.25) is 4.79 Å². The zero-order valence-corrected chi connectivity index (χ0v) is 11.6. The highest BCUT2D eigenvalue weighted by molar-refractivity contribution is 5.88. The van der Waals surface area contributed by atoms with Crippen LogP contribution in [-0.4, -0.2) is 42.0 Å². The van der Waals surface area contributed by atoms with Crippen molar-refractivity contribution in [2.24, 2.45) is 0 Å². The predicted octanol–water partition coefficient (Wildman–Crippen LogP) is 1.63. The molecule has 1 aromatic heterocycles. The summed E-state index contributed by atoms with van der Waals surface area (Å²) in [4.78, 5) is 16.6. The van der Waals surface area contributed by atoms with Crippen LogP contribution < -0.4 is 5.32 Å². The van der Waals surface area contributed by atoms with Crippen LogP contribution >= 0.6 is 0 Å². The molecule has 0 radical (unpaired) electrons. The fourth-order valence-electron chi connectivity index (χ4n) is 4.16. The lowest BCUT2D eigenvalue weighted by molar-refractivity contribution is -0.110. The maximum Gasteiger partial charge on any atom is 0.207 e. The molecule has 0 saturated carbocycles. The molecule has 1 unspecified atom stereocenters. The van der Waals surface area contributed by atoms with Crippen molar-refractivity contribution in [2.45, 2.75) is 30.8 Å². The fourth-order valence-corrected chi connectivity index (χ4v) is 4.16. The lowest BCUT2D eigenvalue weighted by Gasteiger charge is -2.45. The average molecular weight is 269 g/mol. The van der Waals surface area contributed by atoms with Crippen molar-refractivity contribution in [3.8, 4) is 0 Å². The number of likely N-dealkylation sites (tertiary alicyclic amines) is 1. The molecule has 2 N–H and O–H groups in total. The smallest absolute Gasteiger partial charge is 0.207 e. The number of amides is 1. The minimum absolute atomic E-state index is 0.259. The van der Waals surface area contributed by atoms with Crippen molar-refractivity contribution in [1.29, 1.82) is 0 Å². The van der Waals surface area contributed by atoms with Crippen LogP contribution in [-0.2, 0) is 11.2 Å². The number of nitrogens with one attached hydrogen (secondary N) is 2. The maximum atomic E-state index is 10.8. The molecular weight excluding hydrogens is 250 g/mol. The van der Waals surface area contributed by atoms with Crippen LogP contribution in [0.1, 0.15) is 23.5 Å². The Hall–Kier alpha value is -1.81. The third-order valence-corrected chi connectivity index (χ3v) is 5.03. The molecule has 1 aromatic carbocycles. The van der Waals surface area contributed by atoms with Crippen molar-refractivity contribution < 1.29 is 4.79 Å². The summed E-state index contributed by atoms with van der Waals surface area (Å²) < 4.78 is 0. The van der Waals surface area contributed by atoms with Gasteiger partial charge in [-0.2, -0.15) is 0 Å². The van der Waals surface area contributed by atoms with E-state index in [9.17, 15) is 4.79 Å². The molecule has 0 bridgehead atoms. The largest absolute Gasteiger partial charge is 0.361 e. The molecule has 1 aliphatic carbocycles. The fraction of sp³-hybridized carbons (Fsp3) is 0.438. The van der Waals surface area contributed by atoms with Gasteiger partial charge in [-0.25, -0.2) is 0 Å². The Balaban J connectivity index is 1.80. The number of carbonyl (C=O) groups excluding carboxylic acids is 1. The third-order valence-electron chi connectivity index (χ3n) is 5.03. The Kier molecular flexibility index (Phi) is 2.60. The molecule has 2 aromatic rings. The summed E-state index contributed by atoms with van der Waals surface area (Å²) in [5, 5.41) is 4.38. The van der Waals surface area contributed by atoms with Gasteiger partial charge in [0, 0.05) is 41.6 Å². The number of aromatic nitrogens is 1. The number of fused-ring (bicyclic) bond motifs is 2. The lowest BCUT2D eigenvalue weighted by atomic mass is 9.74. The molecule has 20 heavy (non-hydrogen) atoms. The van der Waals surface area contributed by atoms with Gasteiger partial charge in [0.2, 0.25) is 6.41 Å². The number of hydrogen-bond donors (Lipinski definition) is 2. The predicted molar refractivity (Wildman–Crippen MR) is 78.8 cm³/mol. The number of aromatic amines is 1. The molecular formula is C16H19N3O. The van der Waals surface area contributed by atoms with Crippen LogP contribution in [0, 0.1) is 0 Å². The van der Waals surface area contributed by atoms with Gasteiger partial charge in [-0.05, 0) is 37.1 Å². The molecule has 4 heteroatoms. The highest BCUT2D eigenvalue weighted by Gasteiger charge is 2.39. The SMILES string of the molecule is CN1CC(NC=O)C[C@H]2c3cccc4[nH]cc(c34)C[C@@H]21. The summed E-state index contributed by atoms with van der Waals surface area (Å²) >= 11 is 0. The second-order valence-corrected chi connectivity index (χ2v) is 6.12. The molecule has 2 heterocycles. The summed E-state index contributed by atoms with van der Waals surface area (Å²) in [6, 6.07) is 7.35. The number of carbonyl (C=O) groups is 1. The first-order chi connectivity index (χ1) is 9.78. The highest BCUT2D eigenvalue weighted by Crippen LogP contribution is 2.42. The van der Waals surface area contributed by atoms with Crippen molar-refractivity contribution >= 4 is 17.3 Å². The van der Waals surface area contributed by atoms with Crippen LogP contribution in [0.15, 0.2) is 24.4 Å². The summed E-state index contributed by atoms with van der Waals surface area (Å²) in [7, 11) is 2.17. The number of benzene rings is 1. The van der Waals surface area contributed by atoms with Gasteiger partial charge in [0.05, 0.1) is 0 Å². The van der Waals surface area contributed by atoms with E-state index in [1.54, 1.807) is 0 Å². The van der Waals surface area contributed by atoms with Gasteiger partial charge < -0.3 is 15.2 Å². The van der Waals surface area contributed by atoms with E-state index in [1.165, 1.54) is 22.0 Å². The second-order valence-electron chi connectivity index (χ2n) is 6.12. The molecule has 1 saturated heterocycles. The second kappa shape index (κ2) is 4.35. The van der Waals surface area contributed by atoms with Gasteiger partial charge in [-0.1, -0.05) is 12.1 Å². The number of rotatable bonds is 2. The quantitative estimate of drug-likeness (QED) is 0.814. The van der Waals surface area contributed by atoms with Crippen LogP contribution in [0.2, 0.25) is 0 Å². The summed E-state index contributed by atoms with van der Waals surface area (Å²) in [5.41, 5.74) is 4.12. The minimum Gasteiger partial charge on any atom is -0.361 e. The summed E-state index contributed by atoms with van der Waals surface area (Å²) in [6.45, 7) is 0.940. The third kappa shape index (κ3) is 1.61. The molecule has 4 rings (SSSR count). The lowest BCUT2D eigenvalue weighted by Crippen LogP contribution is -2.53. The topological polar surface area (TPSA) is 48.1 Å². The first kappa shape index (κ1) is 12.0. The standard InChI is InChI=1S/C16H19N3O/c1-19-8-11(18-9-20)6-13-12-3-2-4-14-16(12)10(7-17-14)5-15(13)19/h2-4,7,9,11,13,15,17H,5-6,8H2,1H3,(H,18,20)/t11?,13-,15-/m0/s1. The van der Waals surface area contributed by atoms with E-state index in [2.05, 4.69) is 46.6 Å². The molecule has 1 fully saturated rings. The van der Waals surface area contributed by atoms with Crippen LogP contribution in [0.4, 0.5) is 0 Å². The number of piperidine rings is 1. The molecule has 1 aliphatic heterocycles. The van der Waals surface area contributed by atoms with Crippen LogP contribution in [0.5, 0.6) is 0 Å². The van der Waals surface area contributed by atoms with E-state index in [-0.39, 0.29) is 6.04 Å². The normalized spacial score (nSPS) is 29.1. The van der Waals surface area contributed by atoms with E-state index in [1.807, 2.05) is 0 Å². The van der Waals surface area contributed by atoms with Crippen LogP contribution in [0.3, 0.4) is 0 Å². The average Bonchev–Trinajstić information content (AvgIpc) is 2.86. The Morgan fingerprint density at radius 2 is 2.35 bits per heavy atom. The molecule has 1 amide bonds. The maximum absolute atomic E-state index is 10.8.